The lowest BCUT2D eigenvalue weighted by Crippen LogP contribution is -2.38. The van der Waals surface area contributed by atoms with E-state index in [0.717, 1.165) is 62.0 Å². The molecule has 1 aliphatic heterocycles. The molecule has 8 heteroatoms. The van der Waals surface area contributed by atoms with Gasteiger partial charge in [0.1, 0.15) is 0 Å². The first kappa shape index (κ1) is 40.0. The van der Waals surface area contributed by atoms with Gasteiger partial charge in [0.2, 0.25) is 0 Å². The van der Waals surface area contributed by atoms with Crippen molar-refractivity contribution in [1.82, 2.24) is 0 Å². The molecular weight excluding hydrogens is 651 g/mol. The maximum Gasteiger partial charge on any atom is 0.309 e. The topological polar surface area (TPSA) is 124 Å². The average molecular weight is 712 g/mol. The van der Waals surface area contributed by atoms with Crippen molar-refractivity contribution in [3.63, 3.8) is 0 Å². The van der Waals surface area contributed by atoms with E-state index < -0.39 is 24.1 Å². The van der Waals surface area contributed by atoms with Gasteiger partial charge in [0.15, 0.2) is 0 Å². The van der Waals surface area contributed by atoms with Crippen LogP contribution in [0.15, 0.2) is 60.7 Å². The summed E-state index contributed by atoms with van der Waals surface area (Å²) in [5, 5.41) is 42.0. The number of carboxylic acid groups (broad SMARTS) is 1. The van der Waals surface area contributed by atoms with E-state index in [1.165, 1.54) is 48.8 Å². The van der Waals surface area contributed by atoms with Crippen LogP contribution >= 0.6 is 21.6 Å². The third-order valence-electron chi connectivity index (χ3n) is 11.2. The Morgan fingerprint density at radius 3 is 2.37 bits per heavy atom. The van der Waals surface area contributed by atoms with Crippen LogP contribution in [0.1, 0.15) is 99.8 Å². The van der Waals surface area contributed by atoms with Gasteiger partial charge < -0.3 is 26.2 Å². The van der Waals surface area contributed by atoms with Crippen molar-refractivity contribution < 1.29 is 25.2 Å². The molecule has 7 atom stereocenters. The first-order valence-corrected chi connectivity index (χ1v) is 21.2. The van der Waals surface area contributed by atoms with E-state index in [1.54, 1.807) is 6.92 Å². The number of fused-ring (bicyclic) bond motifs is 1. The number of carboxylic acids is 1. The summed E-state index contributed by atoms with van der Waals surface area (Å²) in [6.45, 7) is 2.11. The van der Waals surface area contributed by atoms with Crippen molar-refractivity contribution in [3.05, 3.63) is 82.9 Å². The number of nitrogens with two attached hydrogens (primary N) is 1. The van der Waals surface area contributed by atoms with Crippen LogP contribution in [-0.4, -0.2) is 50.9 Å². The van der Waals surface area contributed by atoms with E-state index in [-0.39, 0.29) is 18.4 Å². The van der Waals surface area contributed by atoms with Gasteiger partial charge in [-0.05, 0) is 117 Å². The van der Waals surface area contributed by atoms with Crippen molar-refractivity contribution >= 4 is 27.6 Å². The molecule has 0 saturated heterocycles. The van der Waals surface area contributed by atoms with Gasteiger partial charge in [-0.3, -0.25) is 4.79 Å². The Bertz CT molecular complexity index is 1280. The van der Waals surface area contributed by atoms with Crippen LogP contribution in [0.4, 0.5) is 0 Å². The number of allylic oxidation sites excluding steroid dienone is 1. The smallest absolute Gasteiger partial charge is 0.309 e. The molecule has 2 aromatic carbocycles. The molecule has 1 aliphatic carbocycles. The fraction of sp³-hybridized carbons (Fsp3) is 0.634. The van der Waals surface area contributed by atoms with Crippen LogP contribution in [-0.2, 0) is 30.0 Å². The predicted molar refractivity (Wildman–Crippen MR) is 205 cm³/mol. The Kier molecular flexibility index (Phi) is 17.6. The third kappa shape index (κ3) is 13.0. The minimum atomic E-state index is -0.959. The van der Waals surface area contributed by atoms with Gasteiger partial charge in [0.25, 0.3) is 0 Å². The Balaban J connectivity index is 1.65. The second kappa shape index (κ2) is 21.5. The number of aliphatic hydroxyl groups is 3. The third-order valence-corrected chi connectivity index (χ3v) is 13.6. The summed E-state index contributed by atoms with van der Waals surface area (Å²) in [7, 11) is 3.82. The summed E-state index contributed by atoms with van der Waals surface area (Å²) in [6.07, 6.45) is 15.6. The Hall–Kier alpha value is -1.81. The van der Waals surface area contributed by atoms with E-state index in [4.69, 9.17) is 5.73 Å². The van der Waals surface area contributed by atoms with Gasteiger partial charge in [-0.1, -0.05) is 114 Å². The number of carbonyl (C=O) groups is 1. The molecule has 4 rings (SSSR count). The lowest BCUT2D eigenvalue weighted by molar-refractivity contribution is -0.149. The molecule has 49 heavy (non-hydrogen) atoms. The van der Waals surface area contributed by atoms with Crippen molar-refractivity contribution in [2.75, 3.05) is 12.3 Å². The molecule has 1 heterocycles. The second-order valence-electron chi connectivity index (χ2n) is 14.7. The summed E-state index contributed by atoms with van der Waals surface area (Å²) >= 11 is 0. The maximum atomic E-state index is 12.7. The van der Waals surface area contributed by atoms with Gasteiger partial charge in [0, 0.05) is 11.5 Å². The summed E-state index contributed by atoms with van der Waals surface area (Å²) in [5.41, 5.74) is 10.9. The van der Waals surface area contributed by atoms with Gasteiger partial charge in [-0.15, -0.1) is 0 Å². The highest BCUT2D eigenvalue weighted by Gasteiger charge is 2.37. The quantitative estimate of drug-likeness (QED) is 0.104. The molecular formula is C41H61NO5S2. The molecule has 1 fully saturated rings. The van der Waals surface area contributed by atoms with Gasteiger partial charge in [-0.2, -0.15) is 0 Å². The van der Waals surface area contributed by atoms with Crippen LogP contribution in [0.3, 0.4) is 0 Å². The van der Waals surface area contributed by atoms with Crippen molar-refractivity contribution in [2.45, 2.75) is 115 Å². The zero-order valence-corrected chi connectivity index (χ0v) is 31.1. The van der Waals surface area contributed by atoms with Crippen LogP contribution in [0.5, 0.6) is 0 Å². The number of aliphatic carboxylic acids is 1. The highest BCUT2D eigenvalue weighted by atomic mass is 33.1. The molecule has 0 unspecified atom stereocenters. The normalized spacial score (nSPS) is 25.2. The number of hydrogen-bond acceptors (Lipinski definition) is 7. The standard InChI is InChI=1S/C41H61NO5S2/c1-29(44)40(41(46)47)39-20-19-33-13-5-6-14-36(33)27-48-49-28-37(24-31-11-7-12-32(23-31)26-43)34(17-18-35(39)21-22-42)15-8-16-38(45)25-30-9-3-2-4-10-30/h5-8,11-14,16,23,29-30,34-35,37-40,43-45H,2-4,9-10,15,17-22,24-28,42H2,1H3,(H,46,47)/t29-,34+,35-,37+,38-,39+,40-/m0/s1. The molecule has 0 aromatic heterocycles. The fourth-order valence-electron chi connectivity index (χ4n) is 8.49. The second-order valence-corrected chi connectivity index (χ2v) is 17.2. The number of rotatable bonds is 13. The molecule has 2 aliphatic rings. The lowest BCUT2D eigenvalue weighted by atomic mass is 9.71. The van der Waals surface area contributed by atoms with Crippen molar-refractivity contribution in [1.29, 1.82) is 0 Å². The summed E-state index contributed by atoms with van der Waals surface area (Å²) in [5.74, 6) is 1.19. The van der Waals surface area contributed by atoms with E-state index in [2.05, 4.69) is 42.5 Å². The predicted octanol–water partition coefficient (Wildman–Crippen LogP) is 8.20. The largest absolute Gasteiger partial charge is 0.481 e. The minimum Gasteiger partial charge on any atom is -0.481 e. The summed E-state index contributed by atoms with van der Waals surface area (Å²) in [6, 6.07) is 16.8. The number of hydrogen-bond donors (Lipinski definition) is 5. The fourth-order valence-corrected chi connectivity index (χ4v) is 11.1. The average Bonchev–Trinajstić information content (AvgIpc) is 3.09. The summed E-state index contributed by atoms with van der Waals surface area (Å²) in [4.78, 5) is 12.7. The molecule has 0 bridgehead atoms. The number of aliphatic hydroxyl groups excluding tert-OH is 3. The molecule has 6 nitrogen and oxygen atoms in total. The molecule has 0 spiro atoms. The van der Waals surface area contributed by atoms with Crippen LogP contribution in [0, 0.1) is 35.5 Å². The van der Waals surface area contributed by atoms with Gasteiger partial charge in [0.05, 0.1) is 24.7 Å². The van der Waals surface area contributed by atoms with Crippen LogP contribution in [0.25, 0.3) is 0 Å². The highest BCUT2D eigenvalue weighted by Crippen LogP contribution is 2.40. The molecule has 0 radical (unpaired) electrons. The monoisotopic (exact) mass is 711 g/mol. The molecule has 1 saturated carbocycles. The van der Waals surface area contributed by atoms with Crippen LogP contribution < -0.4 is 5.73 Å². The first-order valence-electron chi connectivity index (χ1n) is 18.7. The molecule has 6 N–H and O–H groups in total. The Morgan fingerprint density at radius 2 is 1.65 bits per heavy atom. The van der Waals surface area contributed by atoms with E-state index >= 15 is 0 Å². The minimum absolute atomic E-state index is 0.0176. The zero-order valence-electron chi connectivity index (χ0n) is 29.5. The van der Waals surface area contributed by atoms with Crippen molar-refractivity contribution in [3.8, 4) is 0 Å². The van der Waals surface area contributed by atoms with Gasteiger partial charge in [-0.25, -0.2) is 0 Å². The SMILES string of the molecule is C[C@H](O)[C@H](C(=O)O)[C@@H]1CCc2ccccc2CSSC[C@@H](Cc2cccc(CO)c2)[C@H](CC=C[C@H](O)CC2CCCCC2)CC[C@H]1CCN. The van der Waals surface area contributed by atoms with E-state index in [0.29, 0.717) is 30.7 Å². The van der Waals surface area contributed by atoms with Crippen LogP contribution in [0.2, 0.25) is 0 Å². The molecule has 272 valence electrons. The molecule has 0 amide bonds. The summed E-state index contributed by atoms with van der Waals surface area (Å²) < 4.78 is 0. The number of aryl methyl sites for hydroxylation is 1. The first-order chi connectivity index (χ1) is 23.8. The van der Waals surface area contributed by atoms with Gasteiger partial charge >= 0.3 is 5.97 Å². The molecule has 2 aromatic rings. The zero-order chi connectivity index (χ0) is 35.0. The Morgan fingerprint density at radius 1 is 0.918 bits per heavy atom. The van der Waals surface area contributed by atoms with Crippen molar-refractivity contribution in [2.24, 2.45) is 41.2 Å². The van der Waals surface area contributed by atoms with E-state index in [9.17, 15) is 25.2 Å². The highest BCUT2D eigenvalue weighted by molar-refractivity contribution is 8.76. The lowest BCUT2D eigenvalue weighted by Gasteiger charge is -2.35. The Labute approximate surface area is 303 Å². The van der Waals surface area contributed by atoms with E-state index in [1.807, 2.05) is 39.8 Å². The maximum absolute atomic E-state index is 12.7. The number of benzene rings is 2.